The van der Waals surface area contributed by atoms with Gasteiger partial charge < -0.3 is 38.2 Å². The summed E-state index contributed by atoms with van der Waals surface area (Å²) < 4.78 is 62.5. The normalized spacial score (nSPS) is 18.8. The predicted molar refractivity (Wildman–Crippen MR) is 198 cm³/mol. The van der Waals surface area contributed by atoms with E-state index in [1.54, 1.807) is 43.3 Å². The molecule has 3 unspecified atom stereocenters. The minimum Gasteiger partial charge on any atom is -0.493 e. The summed E-state index contributed by atoms with van der Waals surface area (Å²) in [6, 6.07) is 17.0. The smallest absolute Gasteiger partial charge is 0.298 e. The molecule has 12 heteroatoms. The minimum atomic E-state index is -3.33. The van der Waals surface area contributed by atoms with Gasteiger partial charge in [0.25, 0.3) is 12.3 Å². The van der Waals surface area contributed by atoms with Crippen molar-refractivity contribution >= 4 is 17.4 Å². The topological polar surface area (TPSA) is 96.0 Å². The number of piperidine rings is 1. The number of hydrogen-bond donors (Lipinski definition) is 0. The van der Waals surface area contributed by atoms with Gasteiger partial charge in [-0.3, -0.25) is 9.59 Å². The Kier molecular flexibility index (Phi) is 13.3. The molecule has 2 bridgehead atoms. The number of ether oxygens (including phenoxy) is 6. The number of alkyl halides is 2. The maximum Gasteiger partial charge on any atom is 0.298 e. The molecule has 2 aliphatic rings. The molecule has 0 saturated carbocycles. The maximum absolute atomic E-state index is 14.8. The number of likely N-dealkylation sites (tertiary alicyclic amines) is 1. The van der Waals surface area contributed by atoms with E-state index in [1.807, 2.05) is 30.3 Å². The Morgan fingerprint density at radius 2 is 1.30 bits per heavy atom. The lowest BCUT2D eigenvalue weighted by atomic mass is 9.75. The second-order valence-electron chi connectivity index (χ2n) is 13.7. The highest BCUT2D eigenvalue weighted by Gasteiger charge is 2.61. The number of Topliss-reactive ketones (excluding diaryl/α,β-unsaturated/α-hetero) is 1. The van der Waals surface area contributed by atoms with Gasteiger partial charge in [-0.2, -0.15) is 0 Å². The monoisotopic (exact) mass is 738 g/mol. The lowest BCUT2D eigenvalue weighted by Gasteiger charge is -2.57. The van der Waals surface area contributed by atoms with E-state index in [0.717, 1.165) is 44.1 Å². The van der Waals surface area contributed by atoms with Crippen molar-refractivity contribution in [3.63, 3.8) is 0 Å². The molecule has 3 aromatic rings. The number of carbonyl (C=O) groups excluding carboxylic acids is 2. The molecule has 3 atom stereocenters. The first-order chi connectivity index (χ1) is 25.6. The van der Waals surface area contributed by atoms with Crippen molar-refractivity contribution in [3.8, 4) is 34.5 Å². The number of amides is 1. The van der Waals surface area contributed by atoms with Gasteiger partial charge in [0.2, 0.25) is 17.3 Å². The highest BCUT2D eigenvalue weighted by molar-refractivity contribution is 6.16. The van der Waals surface area contributed by atoms with Crippen LogP contribution in [0.5, 0.6) is 34.5 Å². The molecule has 2 fully saturated rings. The molecule has 0 spiro atoms. The number of fused-ring (bicyclic) bond motifs is 2. The molecular formula is C41H52F2N2O8. The molecule has 2 heterocycles. The molecule has 2 aliphatic heterocycles. The van der Waals surface area contributed by atoms with Gasteiger partial charge in [-0.25, -0.2) is 8.78 Å². The molecule has 5 rings (SSSR count). The Bertz CT molecular complexity index is 1660. The number of rotatable bonds is 19. The molecule has 1 amide bonds. The highest BCUT2D eigenvalue weighted by atomic mass is 19.3. The Labute approximate surface area is 311 Å². The zero-order valence-corrected chi connectivity index (χ0v) is 31.6. The number of halogens is 2. The second kappa shape index (κ2) is 17.9. The van der Waals surface area contributed by atoms with E-state index >= 15 is 0 Å². The molecule has 10 nitrogen and oxygen atoms in total. The van der Waals surface area contributed by atoms with Crippen LogP contribution in [0.3, 0.4) is 0 Å². The van der Waals surface area contributed by atoms with Crippen LogP contribution < -0.4 is 33.3 Å². The summed E-state index contributed by atoms with van der Waals surface area (Å²) in [6.07, 6.45) is 2.66. The Balaban J connectivity index is 1.43. The van der Waals surface area contributed by atoms with E-state index < -0.39 is 23.7 Å². The molecule has 0 aliphatic carbocycles. The fraction of sp³-hybridized carbons (Fsp3) is 0.512. The van der Waals surface area contributed by atoms with Crippen molar-refractivity contribution in [2.45, 2.75) is 75.8 Å². The van der Waals surface area contributed by atoms with Crippen molar-refractivity contribution in [2.75, 3.05) is 60.6 Å². The van der Waals surface area contributed by atoms with Gasteiger partial charge >= 0.3 is 0 Å². The van der Waals surface area contributed by atoms with Crippen LogP contribution in [0.25, 0.3) is 0 Å². The zero-order valence-electron chi connectivity index (χ0n) is 31.6. The quantitative estimate of drug-likeness (QED) is 0.119. The first kappa shape index (κ1) is 39.5. The lowest BCUT2D eigenvalue weighted by molar-refractivity contribution is -0.154. The summed E-state index contributed by atoms with van der Waals surface area (Å²) in [7, 11) is 9.14. The SMILES string of the molecule is COc1cc(CCCC(CCCc2ccccc2)CN2CC3CCCC(C(=O)C(F)F)(C2=O)N3c2cc(OC)c(OC)c(OC)c2)cc(OC)c1OC. The van der Waals surface area contributed by atoms with Crippen molar-refractivity contribution in [1.82, 2.24) is 4.90 Å². The van der Waals surface area contributed by atoms with Gasteiger partial charge in [0.1, 0.15) is 0 Å². The predicted octanol–water partition coefficient (Wildman–Crippen LogP) is 7.17. The number of piperazine rings is 1. The number of carbonyl (C=O) groups is 2. The molecule has 0 radical (unpaired) electrons. The van der Waals surface area contributed by atoms with Crippen LogP contribution in [0.4, 0.5) is 14.5 Å². The maximum atomic E-state index is 14.8. The standard InChI is InChI=1S/C41H52F2N2O8/c1-48-32-21-29(22-33(49-2)36(32)52-5)18-11-17-28(16-10-15-27-13-8-7-9-14-27)25-44-26-30-19-12-20-41(40(44)47,38(46)39(42)43)45(30)31-23-34(50-3)37(53-6)35(24-31)51-4/h7-9,13-14,21-24,28,30,39H,10-12,15-20,25-26H2,1-6H3. The number of hydrogen-bond acceptors (Lipinski definition) is 9. The number of aryl methyl sites for hydroxylation is 2. The van der Waals surface area contributed by atoms with Gasteiger partial charge in [0.15, 0.2) is 28.5 Å². The number of anilines is 1. The van der Waals surface area contributed by atoms with Crippen LogP contribution in [0, 0.1) is 5.92 Å². The summed E-state index contributed by atoms with van der Waals surface area (Å²) in [5, 5.41) is 0. The van der Waals surface area contributed by atoms with E-state index in [0.29, 0.717) is 66.1 Å². The van der Waals surface area contributed by atoms with Crippen LogP contribution in [-0.4, -0.2) is 90.3 Å². The average Bonchev–Trinajstić information content (AvgIpc) is 3.18. The van der Waals surface area contributed by atoms with Crippen LogP contribution in [-0.2, 0) is 22.4 Å². The summed E-state index contributed by atoms with van der Waals surface area (Å²) in [5.74, 6) is 0.734. The van der Waals surface area contributed by atoms with Gasteiger partial charge in [0.05, 0.1) is 42.7 Å². The molecule has 288 valence electrons. The molecule has 2 saturated heterocycles. The van der Waals surface area contributed by atoms with E-state index in [9.17, 15) is 18.4 Å². The summed E-state index contributed by atoms with van der Waals surface area (Å²) in [6.45, 7) is 0.663. The second-order valence-corrected chi connectivity index (χ2v) is 13.7. The number of methoxy groups -OCH3 is 6. The Morgan fingerprint density at radius 1 is 0.774 bits per heavy atom. The number of ketones is 1. The third-order valence-corrected chi connectivity index (χ3v) is 10.7. The fourth-order valence-electron chi connectivity index (χ4n) is 8.21. The van der Waals surface area contributed by atoms with E-state index in [-0.39, 0.29) is 18.4 Å². The summed E-state index contributed by atoms with van der Waals surface area (Å²) in [4.78, 5) is 31.8. The third-order valence-electron chi connectivity index (χ3n) is 10.7. The van der Waals surface area contributed by atoms with Crippen molar-refractivity contribution < 1.29 is 46.8 Å². The Morgan fingerprint density at radius 3 is 1.81 bits per heavy atom. The molecular weight excluding hydrogens is 686 g/mol. The summed E-state index contributed by atoms with van der Waals surface area (Å²) >= 11 is 0. The first-order valence-electron chi connectivity index (χ1n) is 18.2. The molecule has 0 aromatic heterocycles. The summed E-state index contributed by atoms with van der Waals surface area (Å²) in [5.41, 5.74) is 0.587. The molecule has 53 heavy (non-hydrogen) atoms. The largest absolute Gasteiger partial charge is 0.493 e. The van der Waals surface area contributed by atoms with E-state index in [2.05, 4.69) is 12.1 Å². The zero-order chi connectivity index (χ0) is 38.1. The van der Waals surface area contributed by atoms with Gasteiger partial charge in [0, 0.05) is 37.0 Å². The van der Waals surface area contributed by atoms with Crippen molar-refractivity contribution in [3.05, 3.63) is 65.7 Å². The van der Waals surface area contributed by atoms with Gasteiger partial charge in [-0.1, -0.05) is 30.3 Å². The van der Waals surface area contributed by atoms with Crippen LogP contribution in [0.2, 0.25) is 0 Å². The first-order valence-corrected chi connectivity index (χ1v) is 18.2. The van der Waals surface area contributed by atoms with Crippen LogP contribution >= 0.6 is 0 Å². The minimum absolute atomic E-state index is 0.0154. The van der Waals surface area contributed by atoms with E-state index in [4.69, 9.17) is 28.4 Å². The van der Waals surface area contributed by atoms with Crippen molar-refractivity contribution in [2.24, 2.45) is 5.92 Å². The number of benzene rings is 3. The Hall–Kier alpha value is -4.74. The third kappa shape index (κ3) is 8.26. The molecule has 0 N–H and O–H groups in total. The lowest BCUT2D eigenvalue weighted by Crippen LogP contribution is -2.76. The number of nitrogens with zero attached hydrogens (tertiary/aromatic N) is 2. The van der Waals surface area contributed by atoms with Crippen molar-refractivity contribution in [1.29, 1.82) is 0 Å². The molecule has 3 aromatic carbocycles. The van der Waals surface area contributed by atoms with Gasteiger partial charge in [-0.15, -0.1) is 0 Å². The highest BCUT2D eigenvalue weighted by Crippen LogP contribution is 2.48. The van der Waals surface area contributed by atoms with Crippen LogP contribution in [0.1, 0.15) is 56.1 Å². The average molecular weight is 739 g/mol. The van der Waals surface area contributed by atoms with Crippen LogP contribution in [0.15, 0.2) is 54.6 Å². The van der Waals surface area contributed by atoms with E-state index in [1.165, 1.54) is 26.9 Å². The fourth-order valence-corrected chi connectivity index (χ4v) is 8.21. The van der Waals surface area contributed by atoms with Gasteiger partial charge in [-0.05, 0) is 87.0 Å².